The number of ether oxygens (including phenoxy) is 2. The first-order valence-corrected chi connectivity index (χ1v) is 15.0. The topological polar surface area (TPSA) is 61.8 Å². The zero-order valence-corrected chi connectivity index (χ0v) is 23.8. The highest BCUT2D eigenvalue weighted by atomic mass is 32.3. The van der Waals surface area contributed by atoms with Gasteiger partial charge in [-0.1, -0.05) is 18.2 Å². The van der Waals surface area contributed by atoms with Gasteiger partial charge in [-0.25, -0.2) is 3.63 Å². The minimum atomic E-state index is -5.07. The van der Waals surface area contributed by atoms with Crippen LogP contribution < -0.4 is 9.47 Å². The predicted octanol–water partition coefficient (Wildman–Crippen LogP) is 8.15. The van der Waals surface area contributed by atoms with E-state index < -0.39 is 43.6 Å². The second-order valence-corrected chi connectivity index (χ2v) is 15.1. The van der Waals surface area contributed by atoms with Gasteiger partial charge in [0, 0.05) is 14.7 Å². The largest absolute Gasteiger partial charge is 0.488 e. The van der Waals surface area contributed by atoms with E-state index in [4.69, 9.17) is 13.1 Å². The molecule has 208 valence electrons. The summed E-state index contributed by atoms with van der Waals surface area (Å²) in [6.07, 6.45) is -4.98. The van der Waals surface area contributed by atoms with E-state index in [1.54, 1.807) is 78.9 Å². The third-order valence-corrected chi connectivity index (χ3v) is 9.92. The van der Waals surface area contributed by atoms with Gasteiger partial charge in [-0.2, -0.15) is 21.6 Å². The Labute approximate surface area is 224 Å². The third kappa shape index (κ3) is 8.15. The third-order valence-electron chi connectivity index (χ3n) is 4.78. The quantitative estimate of drug-likeness (QED) is 0.274. The van der Waals surface area contributed by atoms with E-state index in [0.29, 0.717) is 26.2 Å². The summed E-state index contributed by atoms with van der Waals surface area (Å²) in [5.41, 5.74) is -0.972. The number of benzene rings is 3. The standard InChI is InChI=1S/C28H33F3O5S2/c1-26(2,3)34-21-12-16-24(17-13-21)38(23-10-8-7-9-11-23,36-37(32,33)20-28(29,30)31)25-18-14-22(15-19-25)35-27(4,5)6/h7-19H,20H2,1-6H3. The molecule has 0 atom stereocenters. The first-order chi connectivity index (χ1) is 17.4. The van der Waals surface area contributed by atoms with Crippen molar-refractivity contribution in [2.75, 3.05) is 5.75 Å². The van der Waals surface area contributed by atoms with Crippen LogP contribution in [0, 0.1) is 0 Å². The summed E-state index contributed by atoms with van der Waals surface area (Å²) in [4.78, 5) is 1.19. The molecule has 3 aromatic rings. The Morgan fingerprint density at radius 3 is 1.32 bits per heavy atom. The van der Waals surface area contributed by atoms with Gasteiger partial charge in [-0.3, -0.25) is 0 Å². The summed E-state index contributed by atoms with van der Waals surface area (Å²) >= 11 is 0. The summed E-state index contributed by atoms with van der Waals surface area (Å²) in [5, 5.41) is 0. The van der Waals surface area contributed by atoms with Crippen molar-refractivity contribution >= 4 is 20.4 Å². The molecule has 0 saturated heterocycles. The van der Waals surface area contributed by atoms with Crippen molar-refractivity contribution in [3.63, 3.8) is 0 Å². The average Bonchev–Trinajstić information content (AvgIpc) is 2.75. The van der Waals surface area contributed by atoms with E-state index in [-0.39, 0.29) is 0 Å². The number of alkyl halides is 3. The number of hydrogen-bond donors (Lipinski definition) is 0. The van der Waals surface area contributed by atoms with Crippen molar-refractivity contribution in [2.24, 2.45) is 0 Å². The Bertz CT molecular complexity index is 1250. The smallest absolute Gasteiger partial charge is 0.405 e. The van der Waals surface area contributed by atoms with Crippen molar-refractivity contribution in [2.45, 2.75) is 73.6 Å². The molecule has 0 aliphatic rings. The van der Waals surface area contributed by atoms with Gasteiger partial charge in [0.25, 0.3) is 10.1 Å². The summed E-state index contributed by atoms with van der Waals surface area (Å²) in [7, 11) is -8.25. The number of hydrogen-bond acceptors (Lipinski definition) is 5. The Hall–Kier alpha value is -2.69. The van der Waals surface area contributed by atoms with Crippen LogP contribution in [0.1, 0.15) is 41.5 Å². The summed E-state index contributed by atoms with van der Waals surface area (Å²) in [6, 6.07) is 21.5. The van der Waals surface area contributed by atoms with Gasteiger partial charge in [0.05, 0.1) is 0 Å². The fourth-order valence-corrected chi connectivity index (χ4v) is 8.80. The molecule has 10 heteroatoms. The predicted molar refractivity (Wildman–Crippen MR) is 143 cm³/mol. The molecule has 3 aromatic carbocycles. The van der Waals surface area contributed by atoms with Crippen LogP contribution in [0.15, 0.2) is 93.5 Å². The molecule has 3 rings (SSSR count). The normalized spacial score (nSPS) is 13.7. The SMILES string of the molecule is CC(C)(C)Oc1ccc(S(OS(=O)(=O)CC(F)(F)F)(c2ccccc2)c2ccc(OC(C)(C)C)cc2)cc1. The van der Waals surface area contributed by atoms with Crippen LogP contribution in [0.2, 0.25) is 0 Å². The van der Waals surface area contributed by atoms with Gasteiger partial charge in [0.2, 0.25) is 0 Å². The molecule has 0 aliphatic carbocycles. The average molecular weight is 571 g/mol. The van der Waals surface area contributed by atoms with E-state index in [9.17, 15) is 21.6 Å². The maximum atomic E-state index is 13.3. The molecule has 0 spiro atoms. The van der Waals surface area contributed by atoms with Crippen molar-refractivity contribution in [1.82, 2.24) is 0 Å². The molecule has 0 aromatic heterocycles. The Balaban J connectivity index is 2.26. The van der Waals surface area contributed by atoms with Crippen LogP contribution in [-0.2, 0) is 13.7 Å². The monoisotopic (exact) mass is 570 g/mol. The lowest BCUT2D eigenvalue weighted by atomic mass is 10.2. The minimum absolute atomic E-state index is 0.389. The van der Waals surface area contributed by atoms with Gasteiger partial charge in [0.15, 0.2) is 5.75 Å². The van der Waals surface area contributed by atoms with Crippen molar-refractivity contribution in [1.29, 1.82) is 0 Å². The molecule has 0 fully saturated rings. The van der Waals surface area contributed by atoms with Gasteiger partial charge in [0.1, 0.15) is 22.7 Å². The molecule has 0 saturated carbocycles. The highest BCUT2D eigenvalue weighted by Gasteiger charge is 2.43. The zero-order chi connectivity index (χ0) is 28.4. The first-order valence-electron chi connectivity index (χ1n) is 11.9. The Morgan fingerprint density at radius 1 is 0.605 bits per heavy atom. The van der Waals surface area contributed by atoms with Gasteiger partial charge < -0.3 is 9.47 Å². The van der Waals surface area contributed by atoms with E-state index in [0.717, 1.165) is 0 Å². The molecule has 5 nitrogen and oxygen atoms in total. The van der Waals surface area contributed by atoms with Gasteiger partial charge in [-0.05, 0) is 113 Å². The molecular formula is C28H33F3O5S2. The highest BCUT2D eigenvalue weighted by Crippen LogP contribution is 2.70. The Kier molecular flexibility index (Phi) is 8.50. The molecule has 0 amide bonds. The maximum Gasteiger partial charge on any atom is 0.405 e. The van der Waals surface area contributed by atoms with Crippen molar-refractivity contribution < 1.29 is 34.7 Å². The minimum Gasteiger partial charge on any atom is -0.488 e. The summed E-state index contributed by atoms with van der Waals surface area (Å²) < 4.78 is 83.1. The van der Waals surface area contributed by atoms with E-state index in [2.05, 4.69) is 0 Å². The van der Waals surface area contributed by atoms with Gasteiger partial charge in [-0.15, -0.1) is 0 Å². The van der Waals surface area contributed by atoms with Crippen LogP contribution in [0.3, 0.4) is 0 Å². The maximum absolute atomic E-state index is 13.3. The molecule has 0 aliphatic heterocycles. The zero-order valence-electron chi connectivity index (χ0n) is 22.2. The molecule has 0 N–H and O–H groups in total. The first kappa shape index (κ1) is 29.9. The van der Waals surface area contributed by atoms with Crippen LogP contribution >= 0.6 is 10.3 Å². The fourth-order valence-electron chi connectivity index (χ4n) is 3.62. The van der Waals surface area contributed by atoms with Crippen LogP contribution in [0.25, 0.3) is 0 Å². The molecule has 0 heterocycles. The van der Waals surface area contributed by atoms with Crippen molar-refractivity contribution in [3.05, 3.63) is 78.9 Å². The summed E-state index contributed by atoms with van der Waals surface area (Å²) in [5.74, 6) is -1.07. The summed E-state index contributed by atoms with van der Waals surface area (Å²) in [6.45, 7) is 11.3. The lowest BCUT2D eigenvalue weighted by Crippen LogP contribution is -2.26. The number of halogens is 3. The van der Waals surface area contributed by atoms with Crippen LogP contribution in [0.5, 0.6) is 11.5 Å². The van der Waals surface area contributed by atoms with Crippen molar-refractivity contribution in [3.8, 4) is 11.5 Å². The number of rotatable bonds is 8. The second-order valence-electron chi connectivity index (χ2n) is 10.6. The molecule has 38 heavy (non-hydrogen) atoms. The van der Waals surface area contributed by atoms with Crippen LogP contribution in [-0.4, -0.2) is 31.5 Å². The van der Waals surface area contributed by atoms with Gasteiger partial charge >= 0.3 is 6.18 Å². The van der Waals surface area contributed by atoms with E-state index in [1.165, 1.54) is 0 Å². The molecular weight excluding hydrogens is 537 g/mol. The highest BCUT2D eigenvalue weighted by molar-refractivity contribution is 8.33. The van der Waals surface area contributed by atoms with E-state index >= 15 is 0 Å². The fraction of sp³-hybridized carbons (Fsp3) is 0.357. The molecule has 0 bridgehead atoms. The second kappa shape index (κ2) is 10.8. The molecule has 0 radical (unpaired) electrons. The lowest BCUT2D eigenvalue weighted by Gasteiger charge is -2.39. The lowest BCUT2D eigenvalue weighted by molar-refractivity contribution is -0.107. The van der Waals surface area contributed by atoms with E-state index in [1.807, 2.05) is 41.5 Å². The Morgan fingerprint density at radius 2 is 0.974 bits per heavy atom. The molecule has 0 unspecified atom stereocenters. The van der Waals surface area contributed by atoms with Crippen LogP contribution in [0.4, 0.5) is 13.2 Å².